The van der Waals surface area contributed by atoms with E-state index in [-0.39, 0.29) is 41.1 Å². The van der Waals surface area contributed by atoms with Crippen molar-refractivity contribution in [2.24, 2.45) is 0 Å². The third-order valence-electron chi connectivity index (χ3n) is 4.00. The number of benzene rings is 2. The van der Waals surface area contributed by atoms with Crippen LogP contribution < -0.4 is 29.6 Å². The van der Waals surface area contributed by atoms with Gasteiger partial charge in [0.15, 0.2) is 0 Å². The number of aryl methyl sites for hydroxylation is 1. The topological polar surface area (TPSA) is 101 Å². The summed E-state index contributed by atoms with van der Waals surface area (Å²) in [5.74, 6) is -0.224. The molecular weight excluding hydrogens is 403 g/mol. The molecule has 0 aliphatic rings. The molecule has 3 rings (SSSR count). The average molecular weight is 422 g/mol. The van der Waals surface area contributed by atoms with Crippen LogP contribution in [0.1, 0.15) is 12.7 Å². The molecule has 0 aliphatic heterocycles. The second-order valence-corrected chi connectivity index (χ2v) is 7.55. The summed E-state index contributed by atoms with van der Waals surface area (Å²) in [5.41, 5.74) is 3.09. The summed E-state index contributed by atoms with van der Waals surface area (Å²) < 4.78 is 38.1. The van der Waals surface area contributed by atoms with Crippen molar-refractivity contribution in [3.05, 3.63) is 65.1 Å². The van der Waals surface area contributed by atoms with Gasteiger partial charge < -0.3 is 18.8 Å². The largest absolute Gasteiger partial charge is 1.00 e. The van der Waals surface area contributed by atoms with Crippen molar-refractivity contribution >= 4 is 15.9 Å². The molecular formula is C20H19N2NaO5S. The third kappa shape index (κ3) is 5.55. The fraction of sp³-hybridized carbons (Fsp3) is 0.200. The van der Waals surface area contributed by atoms with E-state index in [1.807, 2.05) is 30.3 Å². The first-order valence-electron chi connectivity index (χ1n) is 8.63. The van der Waals surface area contributed by atoms with Crippen LogP contribution in [-0.2, 0) is 19.6 Å². The molecule has 9 heteroatoms. The molecule has 1 aromatic heterocycles. The summed E-state index contributed by atoms with van der Waals surface area (Å²) in [6.45, 7) is 3.43. The number of carbonyl (C=O) groups excluding carboxylic acids is 1. The van der Waals surface area contributed by atoms with Crippen molar-refractivity contribution in [2.75, 3.05) is 13.2 Å². The average Bonchev–Trinajstić information content (AvgIpc) is 3.08. The SMILES string of the molecule is CCOCC(=O)[N-]S(=O)(=O)c1ccc(-c2c(-c3ccccc3)noc2C)cc1.[Na+]. The molecule has 0 saturated carbocycles. The van der Waals surface area contributed by atoms with E-state index in [1.165, 1.54) is 12.1 Å². The molecule has 0 N–H and O–H groups in total. The van der Waals surface area contributed by atoms with Crippen molar-refractivity contribution in [3.8, 4) is 22.4 Å². The third-order valence-corrected chi connectivity index (χ3v) is 5.31. The summed E-state index contributed by atoms with van der Waals surface area (Å²) >= 11 is 0. The van der Waals surface area contributed by atoms with Gasteiger partial charge in [0.1, 0.15) is 21.5 Å². The maximum atomic E-state index is 12.3. The summed E-state index contributed by atoms with van der Waals surface area (Å²) in [5, 5.41) is 4.13. The van der Waals surface area contributed by atoms with E-state index in [0.29, 0.717) is 18.1 Å². The zero-order valence-corrected chi connectivity index (χ0v) is 19.3. The Balaban J connectivity index is 0.00000300. The van der Waals surface area contributed by atoms with Gasteiger partial charge in [-0.2, -0.15) is 0 Å². The molecule has 0 bridgehead atoms. The smallest absolute Gasteiger partial charge is 0.540 e. The van der Waals surface area contributed by atoms with Crippen LogP contribution in [-0.4, -0.2) is 32.7 Å². The molecule has 146 valence electrons. The van der Waals surface area contributed by atoms with E-state index < -0.39 is 15.9 Å². The van der Waals surface area contributed by atoms with E-state index in [2.05, 4.69) is 9.88 Å². The maximum Gasteiger partial charge on any atom is 1.00 e. The minimum absolute atomic E-state index is 0. The first kappa shape index (κ1) is 23.3. The van der Waals surface area contributed by atoms with Gasteiger partial charge in [-0.1, -0.05) is 47.6 Å². The zero-order chi connectivity index (χ0) is 20.1. The van der Waals surface area contributed by atoms with Crippen molar-refractivity contribution in [2.45, 2.75) is 18.7 Å². The Labute approximate surface area is 191 Å². The van der Waals surface area contributed by atoms with Gasteiger partial charge in [0.05, 0.1) is 23.0 Å². The number of sulfonamides is 1. The Kier molecular flexibility index (Phi) is 8.18. The monoisotopic (exact) mass is 422 g/mol. The Morgan fingerprint density at radius 2 is 1.72 bits per heavy atom. The molecule has 3 aromatic rings. The van der Waals surface area contributed by atoms with Gasteiger partial charge in [0.2, 0.25) is 0 Å². The number of carbonyl (C=O) groups is 1. The van der Waals surface area contributed by atoms with Crippen molar-refractivity contribution in [1.82, 2.24) is 5.16 Å². The first-order chi connectivity index (χ1) is 13.4. The fourth-order valence-electron chi connectivity index (χ4n) is 2.70. The zero-order valence-electron chi connectivity index (χ0n) is 16.5. The number of nitrogens with zero attached hydrogens (tertiary/aromatic N) is 2. The molecule has 1 heterocycles. The number of ether oxygens (including phenoxy) is 1. The van der Waals surface area contributed by atoms with Crippen LogP contribution in [0.15, 0.2) is 64.0 Å². The van der Waals surface area contributed by atoms with E-state index in [0.717, 1.165) is 16.7 Å². The molecule has 1 amide bonds. The van der Waals surface area contributed by atoms with Gasteiger partial charge in [0.25, 0.3) is 0 Å². The van der Waals surface area contributed by atoms with Crippen LogP contribution >= 0.6 is 0 Å². The first-order valence-corrected chi connectivity index (χ1v) is 10.1. The van der Waals surface area contributed by atoms with Crippen LogP contribution in [0.25, 0.3) is 27.1 Å². The van der Waals surface area contributed by atoms with Gasteiger partial charge in [-0.25, -0.2) is 8.42 Å². The van der Waals surface area contributed by atoms with Gasteiger partial charge >= 0.3 is 29.6 Å². The molecule has 0 atom stereocenters. The second kappa shape index (κ2) is 10.2. The van der Waals surface area contributed by atoms with Crippen LogP contribution in [0, 0.1) is 6.92 Å². The van der Waals surface area contributed by atoms with E-state index >= 15 is 0 Å². The number of rotatable bonds is 7. The Bertz CT molecular complexity index is 1060. The van der Waals surface area contributed by atoms with Gasteiger partial charge in [-0.15, -0.1) is 0 Å². The summed E-state index contributed by atoms with van der Waals surface area (Å²) in [6.07, 6.45) is 0. The number of aromatic nitrogens is 1. The number of hydrogen-bond acceptors (Lipinski definition) is 6. The molecule has 2 aromatic carbocycles. The molecule has 0 aliphatic carbocycles. The predicted octanol–water partition coefficient (Wildman–Crippen LogP) is 0.947. The van der Waals surface area contributed by atoms with Crippen LogP contribution in [0.5, 0.6) is 0 Å². The molecule has 29 heavy (non-hydrogen) atoms. The maximum absolute atomic E-state index is 12.3. The fourth-order valence-corrected chi connectivity index (χ4v) is 3.61. The Morgan fingerprint density at radius 3 is 2.34 bits per heavy atom. The second-order valence-electron chi connectivity index (χ2n) is 5.95. The van der Waals surface area contributed by atoms with Crippen LogP contribution in [0.4, 0.5) is 0 Å². The molecule has 7 nitrogen and oxygen atoms in total. The molecule has 0 radical (unpaired) electrons. The minimum Gasteiger partial charge on any atom is -0.540 e. The molecule has 0 spiro atoms. The van der Waals surface area contributed by atoms with Crippen LogP contribution in [0.3, 0.4) is 0 Å². The summed E-state index contributed by atoms with van der Waals surface area (Å²) in [6, 6.07) is 15.6. The van der Waals surface area contributed by atoms with Crippen molar-refractivity contribution in [3.63, 3.8) is 0 Å². The number of hydrogen-bond donors (Lipinski definition) is 0. The van der Waals surface area contributed by atoms with Gasteiger partial charge in [-0.05, 0) is 31.5 Å². The van der Waals surface area contributed by atoms with Crippen molar-refractivity contribution in [1.29, 1.82) is 0 Å². The Morgan fingerprint density at radius 1 is 1.07 bits per heavy atom. The van der Waals surface area contributed by atoms with E-state index in [9.17, 15) is 13.2 Å². The molecule has 0 saturated heterocycles. The predicted molar refractivity (Wildman–Crippen MR) is 104 cm³/mol. The minimum atomic E-state index is -4.09. The van der Waals surface area contributed by atoms with E-state index in [4.69, 9.17) is 9.26 Å². The molecule has 0 unspecified atom stereocenters. The Hall–Kier alpha value is -1.97. The van der Waals surface area contributed by atoms with Gasteiger partial charge in [0, 0.05) is 12.2 Å². The summed E-state index contributed by atoms with van der Waals surface area (Å²) in [7, 11) is -4.09. The molecule has 0 fully saturated rings. The normalized spacial score (nSPS) is 11.0. The van der Waals surface area contributed by atoms with Crippen LogP contribution in [0.2, 0.25) is 0 Å². The number of amides is 1. The summed E-state index contributed by atoms with van der Waals surface area (Å²) in [4.78, 5) is 11.5. The van der Waals surface area contributed by atoms with E-state index in [1.54, 1.807) is 26.0 Å². The van der Waals surface area contributed by atoms with Crippen molar-refractivity contribution < 1.29 is 52.0 Å². The standard InChI is InChI=1S/C20H20N2O5S.Na/c1-3-26-13-18(23)22-28(24,25)17-11-9-15(10-12-17)19-14(2)27-21-20(19)16-7-5-4-6-8-16;/h4-12H,3,13H2,1-2H3,(H,22,23);/q;+1/p-1. The van der Waals surface area contributed by atoms with Gasteiger partial charge in [-0.3, -0.25) is 0 Å². The quantitative estimate of drug-likeness (QED) is 0.526.